The Labute approximate surface area is 365 Å². The van der Waals surface area contributed by atoms with Gasteiger partial charge in [-0.2, -0.15) is 0 Å². The van der Waals surface area contributed by atoms with Crippen LogP contribution in [0, 0.1) is 0 Å². The van der Waals surface area contributed by atoms with Crippen molar-refractivity contribution in [3.05, 3.63) is 9.30 Å². The quantitative estimate of drug-likeness (QED) is 0.210. The van der Waals surface area contributed by atoms with Crippen LogP contribution in [0.25, 0.3) is 9.30 Å². The predicted molar refractivity (Wildman–Crippen MR) is 235 cm³/mol. The van der Waals surface area contributed by atoms with E-state index in [2.05, 4.69) is 151 Å². The van der Waals surface area contributed by atoms with E-state index < -0.39 is 32.9 Å². The minimum atomic E-state index is -1.59. The number of rotatable bonds is 10. The van der Waals surface area contributed by atoms with E-state index in [0.717, 1.165) is 59.7 Å². The number of nitrogens with zero attached hydrogens (tertiary/aromatic N) is 2. The number of hydrogen-bond acceptors (Lipinski definition) is 2. The smallest absolute Gasteiger partial charge is 1.00 e. The van der Waals surface area contributed by atoms with E-state index in [1.54, 1.807) is 0 Å². The maximum atomic E-state index is 5.69. The summed E-state index contributed by atoms with van der Waals surface area (Å²) < 4.78 is 21.3. The minimum absolute atomic E-state index is 0. The molecule has 0 atom stereocenters. The van der Waals surface area contributed by atoms with Gasteiger partial charge in [-0.3, -0.25) is 0 Å². The first-order valence-corrected chi connectivity index (χ1v) is 29.5. The van der Waals surface area contributed by atoms with E-state index >= 15 is 0 Å². The van der Waals surface area contributed by atoms with Crippen LogP contribution in [0.3, 0.4) is 0 Å². The van der Waals surface area contributed by atoms with E-state index in [1.165, 1.54) is 25.7 Å². The summed E-state index contributed by atoms with van der Waals surface area (Å²) in [6.07, 6.45) is 5.11. The van der Waals surface area contributed by atoms with Gasteiger partial charge in [-0.1, -0.05) is 211 Å². The SMILES string of the molecule is C1CCOC1.C1CCOC1.CC(C)[Si]([N-][Si](C)(C)C(C)(C)C)(C(C)C)C(C)C.CC(C)[Si]([N-][Si](C)(C)C(C)(C)C)(C(C)C)C(C)C.[Cl-].[Cl-].[Mg+2].[Mg+2]. The van der Waals surface area contributed by atoms with Crippen LogP contribution in [0.1, 0.15) is 150 Å². The number of halogens is 2. The maximum absolute atomic E-state index is 5.69. The molecule has 0 radical (unpaired) electrons. The van der Waals surface area contributed by atoms with Gasteiger partial charge in [0.25, 0.3) is 0 Å². The van der Waals surface area contributed by atoms with E-state index in [0.29, 0.717) is 10.1 Å². The fourth-order valence-electron chi connectivity index (χ4n) is 7.10. The summed E-state index contributed by atoms with van der Waals surface area (Å²) in [5.74, 6) is 0. The molecule has 2 fully saturated rings. The van der Waals surface area contributed by atoms with Gasteiger partial charge < -0.3 is 43.6 Å². The Kier molecular flexibility index (Phi) is 36.6. The second-order valence-electron chi connectivity index (χ2n) is 19.2. The Bertz CT molecular complexity index is 689. The third kappa shape index (κ3) is 20.3. The average molecular weight is 837 g/mol. The molecule has 0 N–H and O–H groups in total. The van der Waals surface area contributed by atoms with Gasteiger partial charge in [-0.25, -0.2) is 0 Å². The molecule has 0 aliphatic carbocycles. The van der Waals surface area contributed by atoms with Crippen LogP contribution < -0.4 is 24.8 Å². The molecule has 0 aromatic heterocycles. The van der Waals surface area contributed by atoms with E-state index in [-0.39, 0.29) is 70.9 Å². The van der Waals surface area contributed by atoms with Gasteiger partial charge in [0.05, 0.1) is 0 Å². The first kappa shape index (κ1) is 64.7. The molecule has 0 aromatic rings. The summed E-state index contributed by atoms with van der Waals surface area (Å²) in [6, 6.07) is 0. The fraction of sp³-hybridized carbons (Fsp3) is 1.00. The molecule has 0 saturated carbocycles. The molecule has 296 valence electrons. The zero-order valence-electron chi connectivity index (χ0n) is 38.0. The van der Waals surface area contributed by atoms with Crippen LogP contribution in [-0.2, 0) is 9.47 Å². The summed E-state index contributed by atoms with van der Waals surface area (Å²) in [7, 11) is -6.26. The number of ether oxygens (including phenoxy) is 2. The molecule has 0 spiro atoms. The molecule has 0 amide bonds. The minimum Gasteiger partial charge on any atom is -1.00 e. The van der Waals surface area contributed by atoms with E-state index in [9.17, 15) is 0 Å². The number of hydrogen-bond donors (Lipinski definition) is 0. The zero-order valence-corrected chi connectivity index (χ0v) is 46.3. The second kappa shape index (κ2) is 28.3. The van der Waals surface area contributed by atoms with Crippen molar-refractivity contribution in [2.24, 2.45) is 0 Å². The Hall–Kier alpha value is 2.82. The van der Waals surface area contributed by atoms with E-state index in [1.807, 2.05) is 0 Å². The van der Waals surface area contributed by atoms with Crippen molar-refractivity contribution in [1.29, 1.82) is 0 Å². The largest absolute Gasteiger partial charge is 2.00 e. The molecule has 2 heterocycles. The summed E-state index contributed by atoms with van der Waals surface area (Å²) in [5.41, 5.74) is 4.45. The molecule has 50 heavy (non-hydrogen) atoms. The zero-order chi connectivity index (χ0) is 36.9. The van der Waals surface area contributed by atoms with Crippen LogP contribution in [0.5, 0.6) is 0 Å². The third-order valence-corrected chi connectivity index (χ3v) is 37.8. The normalized spacial score (nSPS) is 15.6. The third-order valence-electron chi connectivity index (χ3n) is 11.8. The molecule has 0 aromatic carbocycles. The molecular weight excluding hydrogens is 748 g/mol. The van der Waals surface area contributed by atoms with E-state index in [4.69, 9.17) is 18.8 Å². The van der Waals surface area contributed by atoms with Crippen molar-refractivity contribution in [2.45, 2.75) is 220 Å². The molecule has 2 rings (SSSR count). The first-order chi connectivity index (χ1) is 20.6. The standard InChI is InChI=1S/2C15H36NSi2.2C4H8O.2ClH.2Mg/c2*1-12(2)18(13(3)4,14(5)6)16-17(10,11)15(7,8)9;2*1-2-4-5-3-1;;;;/h2*12-14H,1-11H3;2*1-4H2;2*1H;;/q2*-1;;;;;2*+2/p-2. The Balaban J connectivity index is -0.000000141. The maximum Gasteiger partial charge on any atom is 2.00 e. The summed E-state index contributed by atoms with van der Waals surface area (Å²) >= 11 is 0. The van der Waals surface area contributed by atoms with Crippen molar-refractivity contribution in [3.8, 4) is 0 Å². The van der Waals surface area contributed by atoms with Crippen molar-refractivity contribution in [3.63, 3.8) is 0 Å². The summed E-state index contributed by atoms with van der Waals surface area (Å²) in [6.45, 7) is 57.0. The predicted octanol–water partition coefficient (Wildman–Crippen LogP) is 7.92. The average Bonchev–Trinajstić information content (AvgIpc) is 3.63. The van der Waals surface area contributed by atoms with Crippen molar-refractivity contribution >= 4 is 79.0 Å². The topological polar surface area (TPSA) is 46.7 Å². The Morgan fingerprint density at radius 3 is 0.640 bits per heavy atom. The van der Waals surface area contributed by atoms with Gasteiger partial charge in [-0.15, -0.1) is 0 Å². The van der Waals surface area contributed by atoms with Gasteiger partial charge in [0.1, 0.15) is 0 Å². The van der Waals surface area contributed by atoms with Gasteiger partial charge in [0, 0.05) is 26.4 Å². The molecule has 4 nitrogen and oxygen atoms in total. The second-order valence-corrected chi connectivity index (χ2v) is 40.7. The van der Waals surface area contributed by atoms with Gasteiger partial charge in [-0.05, 0) is 42.2 Å². The first-order valence-electron chi connectivity index (χ1n) is 19.2. The Morgan fingerprint density at radius 1 is 0.400 bits per heavy atom. The molecule has 2 aliphatic rings. The monoisotopic (exact) mass is 835 g/mol. The van der Waals surface area contributed by atoms with Crippen LogP contribution in [0.2, 0.25) is 69.5 Å². The Morgan fingerprint density at radius 2 is 0.560 bits per heavy atom. The molecule has 2 saturated heterocycles. The summed E-state index contributed by atoms with van der Waals surface area (Å²) in [5, 5.41) is 0.730. The molecule has 0 unspecified atom stereocenters. The molecule has 12 heteroatoms. The fourth-order valence-corrected chi connectivity index (χ4v) is 31.7. The van der Waals surface area contributed by atoms with Gasteiger partial charge >= 0.3 is 46.1 Å². The molecule has 2 aliphatic heterocycles. The van der Waals surface area contributed by atoms with Crippen molar-refractivity contribution in [2.75, 3.05) is 26.4 Å². The van der Waals surface area contributed by atoms with Crippen molar-refractivity contribution in [1.82, 2.24) is 0 Å². The molecule has 0 bridgehead atoms. The van der Waals surface area contributed by atoms with Crippen LogP contribution in [-0.4, -0.2) is 105 Å². The summed E-state index contributed by atoms with van der Waals surface area (Å²) in [4.78, 5) is 0. The molecular formula is C38H88Cl2Mg2N2O2Si4. The van der Waals surface area contributed by atoms with Crippen LogP contribution in [0.15, 0.2) is 0 Å². The van der Waals surface area contributed by atoms with Gasteiger partial charge in [0.2, 0.25) is 0 Å². The van der Waals surface area contributed by atoms with Gasteiger partial charge in [0.15, 0.2) is 0 Å². The van der Waals surface area contributed by atoms with Crippen LogP contribution in [0.4, 0.5) is 0 Å². The van der Waals surface area contributed by atoms with Crippen LogP contribution >= 0.6 is 0 Å². The van der Waals surface area contributed by atoms with Crippen molar-refractivity contribution < 1.29 is 34.3 Å².